The predicted molar refractivity (Wildman–Crippen MR) is 59.5 cm³/mol. The van der Waals surface area contributed by atoms with Gasteiger partial charge in [-0.3, -0.25) is 4.79 Å². The SMILES string of the molecule is CC(C)(C)OCCC(C)(C)OCC(N)=O. The summed E-state index contributed by atoms with van der Waals surface area (Å²) in [5.41, 5.74) is 4.49. The number of rotatable bonds is 6. The first-order valence-electron chi connectivity index (χ1n) is 5.19. The lowest BCUT2D eigenvalue weighted by molar-refractivity contribution is -0.130. The molecule has 0 aliphatic rings. The third kappa shape index (κ3) is 9.69. The van der Waals surface area contributed by atoms with Crippen molar-refractivity contribution in [3.8, 4) is 0 Å². The molecule has 2 N–H and O–H groups in total. The Morgan fingerprint density at radius 3 is 2.07 bits per heavy atom. The molecule has 1 amide bonds. The normalized spacial score (nSPS) is 12.9. The van der Waals surface area contributed by atoms with Crippen LogP contribution in [0.2, 0.25) is 0 Å². The van der Waals surface area contributed by atoms with Crippen molar-refractivity contribution >= 4 is 5.91 Å². The van der Waals surface area contributed by atoms with E-state index in [2.05, 4.69) is 0 Å². The molecular weight excluding hydrogens is 194 g/mol. The van der Waals surface area contributed by atoms with Crippen LogP contribution in [0, 0.1) is 0 Å². The first kappa shape index (κ1) is 14.4. The first-order valence-corrected chi connectivity index (χ1v) is 5.19. The molecule has 15 heavy (non-hydrogen) atoms. The summed E-state index contributed by atoms with van der Waals surface area (Å²) in [6, 6.07) is 0. The van der Waals surface area contributed by atoms with Gasteiger partial charge in [0.25, 0.3) is 0 Å². The van der Waals surface area contributed by atoms with E-state index in [4.69, 9.17) is 15.2 Å². The van der Waals surface area contributed by atoms with E-state index in [0.29, 0.717) is 6.61 Å². The molecule has 0 atom stereocenters. The van der Waals surface area contributed by atoms with Crippen molar-refractivity contribution in [1.82, 2.24) is 0 Å². The minimum Gasteiger partial charge on any atom is -0.376 e. The summed E-state index contributed by atoms with van der Waals surface area (Å²) in [5, 5.41) is 0. The van der Waals surface area contributed by atoms with E-state index in [1.165, 1.54) is 0 Å². The minimum atomic E-state index is -0.445. The minimum absolute atomic E-state index is 0.0392. The molecule has 0 bridgehead atoms. The van der Waals surface area contributed by atoms with E-state index in [-0.39, 0.29) is 17.8 Å². The summed E-state index contributed by atoms with van der Waals surface area (Å²) >= 11 is 0. The highest BCUT2D eigenvalue weighted by Gasteiger charge is 2.20. The fourth-order valence-electron chi connectivity index (χ4n) is 0.942. The summed E-state index contributed by atoms with van der Waals surface area (Å²) in [6.45, 7) is 10.4. The second-order valence-corrected chi connectivity index (χ2v) is 5.23. The molecule has 0 spiro atoms. The molecule has 0 radical (unpaired) electrons. The number of carbonyl (C=O) groups excluding carboxylic acids is 1. The lowest BCUT2D eigenvalue weighted by Crippen LogP contribution is -2.32. The predicted octanol–water partition coefficient (Wildman–Crippen LogP) is 1.47. The van der Waals surface area contributed by atoms with Crippen molar-refractivity contribution in [2.45, 2.75) is 52.2 Å². The summed E-state index contributed by atoms with van der Waals surface area (Å²) < 4.78 is 10.9. The van der Waals surface area contributed by atoms with Gasteiger partial charge in [-0.05, 0) is 41.0 Å². The maximum atomic E-state index is 10.5. The fourth-order valence-corrected chi connectivity index (χ4v) is 0.942. The fraction of sp³-hybridized carbons (Fsp3) is 0.909. The summed E-state index contributed by atoms with van der Waals surface area (Å²) in [4.78, 5) is 10.5. The van der Waals surface area contributed by atoms with Gasteiger partial charge in [0.1, 0.15) is 6.61 Å². The summed E-state index contributed by atoms with van der Waals surface area (Å²) in [5.74, 6) is -0.445. The van der Waals surface area contributed by atoms with E-state index in [1.807, 2.05) is 34.6 Å². The molecule has 0 unspecified atom stereocenters. The highest BCUT2D eigenvalue weighted by molar-refractivity contribution is 5.75. The molecule has 0 heterocycles. The summed E-state index contributed by atoms with van der Waals surface area (Å²) in [6.07, 6.45) is 0.734. The standard InChI is InChI=1S/C11H23NO3/c1-10(2,3)14-7-6-11(4,5)15-8-9(12)13/h6-8H2,1-5H3,(H2,12,13). The van der Waals surface area contributed by atoms with Crippen molar-refractivity contribution < 1.29 is 14.3 Å². The van der Waals surface area contributed by atoms with Gasteiger partial charge in [-0.15, -0.1) is 0 Å². The van der Waals surface area contributed by atoms with Gasteiger partial charge in [0.2, 0.25) is 5.91 Å². The van der Waals surface area contributed by atoms with E-state index >= 15 is 0 Å². The topological polar surface area (TPSA) is 61.6 Å². The van der Waals surface area contributed by atoms with Gasteiger partial charge in [-0.2, -0.15) is 0 Å². The highest BCUT2D eigenvalue weighted by atomic mass is 16.5. The van der Waals surface area contributed by atoms with Gasteiger partial charge in [0.15, 0.2) is 0 Å². The Bertz CT molecular complexity index is 206. The largest absolute Gasteiger partial charge is 0.376 e. The monoisotopic (exact) mass is 217 g/mol. The van der Waals surface area contributed by atoms with Gasteiger partial charge in [0, 0.05) is 6.61 Å². The number of carbonyl (C=O) groups is 1. The van der Waals surface area contributed by atoms with E-state index in [9.17, 15) is 4.79 Å². The van der Waals surface area contributed by atoms with E-state index in [1.54, 1.807) is 0 Å². The van der Waals surface area contributed by atoms with Crippen LogP contribution in [0.3, 0.4) is 0 Å². The van der Waals surface area contributed by atoms with Crippen LogP contribution in [0.5, 0.6) is 0 Å². The van der Waals surface area contributed by atoms with Crippen LogP contribution in [0.25, 0.3) is 0 Å². The number of nitrogens with two attached hydrogens (primary N) is 1. The molecule has 4 heteroatoms. The quantitative estimate of drug-likeness (QED) is 0.733. The van der Waals surface area contributed by atoms with Gasteiger partial charge in [0.05, 0.1) is 11.2 Å². The van der Waals surface area contributed by atoms with Crippen molar-refractivity contribution in [3.05, 3.63) is 0 Å². The average Bonchev–Trinajstić information content (AvgIpc) is 1.98. The Morgan fingerprint density at radius 1 is 1.13 bits per heavy atom. The van der Waals surface area contributed by atoms with Crippen LogP contribution < -0.4 is 5.73 Å². The van der Waals surface area contributed by atoms with E-state index in [0.717, 1.165) is 6.42 Å². The number of ether oxygens (including phenoxy) is 2. The Hall–Kier alpha value is -0.610. The maximum absolute atomic E-state index is 10.5. The Balaban J connectivity index is 3.78. The van der Waals surface area contributed by atoms with Gasteiger partial charge in [-0.25, -0.2) is 0 Å². The van der Waals surface area contributed by atoms with Crippen molar-refractivity contribution in [2.75, 3.05) is 13.2 Å². The maximum Gasteiger partial charge on any atom is 0.243 e. The third-order valence-corrected chi connectivity index (χ3v) is 1.84. The van der Waals surface area contributed by atoms with Crippen LogP contribution in [0.4, 0.5) is 0 Å². The van der Waals surface area contributed by atoms with Crippen LogP contribution in [0.1, 0.15) is 41.0 Å². The number of hydrogen-bond acceptors (Lipinski definition) is 3. The molecule has 0 rings (SSSR count). The van der Waals surface area contributed by atoms with Gasteiger partial charge >= 0.3 is 0 Å². The van der Waals surface area contributed by atoms with Crippen molar-refractivity contribution in [1.29, 1.82) is 0 Å². The van der Waals surface area contributed by atoms with E-state index < -0.39 is 5.91 Å². The molecule has 0 aliphatic carbocycles. The zero-order valence-corrected chi connectivity index (χ0v) is 10.4. The molecule has 0 saturated carbocycles. The molecule has 0 aliphatic heterocycles. The second kappa shape index (κ2) is 5.47. The van der Waals surface area contributed by atoms with Crippen molar-refractivity contribution in [2.24, 2.45) is 5.73 Å². The molecule has 0 saturated heterocycles. The molecule has 4 nitrogen and oxygen atoms in total. The Kier molecular flexibility index (Phi) is 5.24. The molecule has 0 aromatic rings. The van der Waals surface area contributed by atoms with Gasteiger partial charge in [-0.1, -0.05) is 0 Å². The molecule has 0 aromatic carbocycles. The smallest absolute Gasteiger partial charge is 0.243 e. The van der Waals surface area contributed by atoms with Crippen LogP contribution in [0.15, 0.2) is 0 Å². The highest BCUT2D eigenvalue weighted by Crippen LogP contribution is 2.16. The summed E-state index contributed by atoms with van der Waals surface area (Å²) in [7, 11) is 0. The van der Waals surface area contributed by atoms with Crippen LogP contribution in [-0.2, 0) is 14.3 Å². The molecular formula is C11H23NO3. The van der Waals surface area contributed by atoms with Crippen LogP contribution >= 0.6 is 0 Å². The molecule has 90 valence electrons. The lowest BCUT2D eigenvalue weighted by atomic mass is 10.1. The molecule has 0 fully saturated rings. The average molecular weight is 217 g/mol. The molecule has 0 aromatic heterocycles. The van der Waals surface area contributed by atoms with Crippen molar-refractivity contribution in [3.63, 3.8) is 0 Å². The zero-order valence-electron chi connectivity index (χ0n) is 10.4. The third-order valence-electron chi connectivity index (χ3n) is 1.84. The second-order valence-electron chi connectivity index (χ2n) is 5.23. The number of primary amides is 1. The Labute approximate surface area is 92.1 Å². The zero-order chi connectivity index (χ0) is 12.1. The number of hydrogen-bond donors (Lipinski definition) is 1. The van der Waals surface area contributed by atoms with Crippen LogP contribution in [-0.4, -0.2) is 30.3 Å². The first-order chi connectivity index (χ1) is 6.62. The van der Waals surface area contributed by atoms with Gasteiger partial charge < -0.3 is 15.2 Å². The lowest BCUT2D eigenvalue weighted by Gasteiger charge is -2.27. The Morgan fingerprint density at radius 2 is 1.67 bits per heavy atom. The number of amides is 1.